The average Bonchev–Trinajstić information content (AvgIpc) is 3.42. The number of fused-ring (bicyclic) bond motifs is 1. The van der Waals surface area contributed by atoms with Crippen LogP contribution in [0.25, 0.3) is 22.2 Å². The van der Waals surface area contributed by atoms with Crippen molar-refractivity contribution in [1.82, 2.24) is 24.8 Å². The molecule has 12 heteroatoms. The van der Waals surface area contributed by atoms with Crippen molar-refractivity contribution in [1.29, 1.82) is 0 Å². The molecule has 1 amide bonds. The highest BCUT2D eigenvalue weighted by Crippen LogP contribution is 2.34. The van der Waals surface area contributed by atoms with Gasteiger partial charge in [0.25, 0.3) is 11.5 Å². The van der Waals surface area contributed by atoms with Crippen LogP contribution in [0, 0.1) is 13.8 Å². The van der Waals surface area contributed by atoms with E-state index in [-0.39, 0.29) is 19.1 Å². The number of carbonyl (C=O) groups is 1. The van der Waals surface area contributed by atoms with Gasteiger partial charge in [0, 0.05) is 46.8 Å². The lowest BCUT2D eigenvalue weighted by Crippen LogP contribution is -2.29. The summed E-state index contributed by atoms with van der Waals surface area (Å²) in [5.74, 6) is 0.196. The highest BCUT2D eigenvalue weighted by Gasteiger charge is 2.34. The Labute approximate surface area is 243 Å². The highest BCUT2D eigenvalue weighted by molar-refractivity contribution is 6.31. The largest absolute Gasteiger partial charge is 0.486 e. The first-order chi connectivity index (χ1) is 20.0. The van der Waals surface area contributed by atoms with Crippen LogP contribution in [0.1, 0.15) is 38.7 Å². The first kappa shape index (κ1) is 28.9. The van der Waals surface area contributed by atoms with Gasteiger partial charge >= 0.3 is 6.18 Å². The summed E-state index contributed by atoms with van der Waals surface area (Å²) in [5, 5.41) is 3.66. The summed E-state index contributed by atoms with van der Waals surface area (Å²) >= 11 is 6.56. The van der Waals surface area contributed by atoms with E-state index in [9.17, 15) is 22.8 Å². The molecule has 2 N–H and O–H groups in total. The van der Waals surface area contributed by atoms with Crippen molar-refractivity contribution in [2.24, 2.45) is 0 Å². The van der Waals surface area contributed by atoms with Crippen LogP contribution in [0.3, 0.4) is 0 Å². The third-order valence-electron chi connectivity index (χ3n) is 6.68. The Morgan fingerprint density at radius 2 is 1.83 bits per heavy atom. The number of H-pyrrole nitrogens is 1. The fraction of sp³-hybridized carbons (Fsp3) is 0.200. The van der Waals surface area contributed by atoms with E-state index in [0.717, 1.165) is 27.3 Å². The molecule has 0 bridgehead atoms. The molecule has 0 spiro atoms. The molecule has 8 nitrogen and oxygen atoms in total. The number of carbonyl (C=O) groups excluding carboxylic acids is 1. The predicted molar refractivity (Wildman–Crippen MR) is 153 cm³/mol. The number of alkyl halides is 3. The molecule has 0 fully saturated rings. The van der Waals surface area contributed by atoms with Crippen LogP contribution in [-0.2, 0) is 19.3 Å². The SMILES string of the molecule is CNC(=O)c1ccc(-c2cc(C)nc3c(OCc4c(Cl)cc(C)nc4Cn4cccc(C(F)(F)F)c4=O)cccc23)[nH]1. The van der Waals surface area contributed by atoms with E-state index in [1.807, 2.05) is 25.1 Å². The minimum absolute atomic E-state index is 0.0808. The molecule has 0 aliphatic carbocycles. The van der Waals surface area contributed by atoms with Crippen molar-refractivity contribution < 1.29 is 22.7 Å². The molecule has 0 aliphatic heterocycles. The minimum atomic E-state index is -4.79. The zero-order chi connectivity index (χ0) is 30.2. The second-order valence-corrected chi connectivity index (χ2v) is 10.0. The maximum atomic E-state index is 13.3. The van der Waals surface area contributed by atoms with Crippen LogP contribution in [0.5, 0.6) is 5.75 Å². The Morgan fingerprint density at radius 1 is 1.07 bits per heavy atom. The third kappa shape index (κ3) is 5.73. The maximum Gasteiger partial charge on any atom is 0.421 e. The van der Waals surface area contributed by atoms with Gasteiger partial charge in [-0.2, -0.15) is 13.2 Å². The van der Waals surface area contributed by atoms with Gasteiger partial charge in [-0.25, -0.2) is 4.98 Å². The molecule has 0 unspecified atom stereocenters. The number of aromatic amines is 1. The lowest BCUT2D eigenvalue weighted by molar-refractivity contribution is -0.138. The minimum Gasteiger partial charge on any atom is -0.486 e. The van der Waals surface area contributed by atoms with Crippen molar-refractivity contribution in [2.45, 2.75) is 33.2 Å². The van der Waals surface area contributed by atoms with E-state index in [1.54, 1.807) is 38.2 Å². The van der Waals surface area contributed by atoms with Crippen molar-refractivity contribution >= 4 is 28.4 Å². The summed E-state index contributed by atoms with van der Waals surface area (Å²) in [7, 11) is 1.55. The fourth-order valence-corrected chi connectivity index (χ4v) is 5.02. The summed E-state index contributed by atoms with van der Waals surface area (Å²) in [6, 6.07) is 14.4. The Hall–Kier alpha value is -4.64. The van der Waals surface area contributed by atoms with Crippen molar-refractivity contribution in [3.8, 4) is 17.0 Å². The number of amides is 1. The van der Waals surface area contributed by atoms with Crippen LogP contribution in [-0.4, -0.2) is 32.5 Å². The van der Waals surface area contributed by atoms with Gasteiger partial charge < -0.3 is 19.6 Å². The van der Waals surface area contributed by atoms with Crippen LogP contribution in [0.4, 0.5) is 13.2 Å². The van der Waals surface area contributed by atoms with Gasteiger partial charge in [0.15, 0.2) is 0 Å². The number of halogens is 4. The van der Waals surface area contributed by atoms with E-state index >= 15 is 0 Å². The molecule has 0 saturated carbocycles. The Kier molecular flexibility index (Phi) is 7.79. The maximum absolute atomic E-state index is 13.3. The number of pyridine rings is 3. The number of nitrogens with one attached hydrogen (secondary N) is 2. The standard InChI is InChI=1S/C30H25ClF3N5O3/c1-16-12-19(23-9-10-24(38-23)28(40)35-3)18-6-4-8-26(27(18)37-16)42-15-20-22(31)13-17(2)36-25(20)14-39-11-5-7-21(29(39)41)30(32,33)34/h4-13,38H,14-15H2,1-3H3,(H,35,40). The first-order valence-electron chi connectivity index (χ1n) is 12.8. The number of hydrogen-bond donors (Lipinski definition) is 2. The molecule has 4 aromatic heterocycles. The number of para-hydroxylation sites is 1. The highest BCUT2D eigenvalue weighted by atomic mass is 35.5. The van der Waals surface area contributed by atoms with Gasteiger partial charge in [-0.05, 0) is 56.3 Å². The van der Waals surface area contributed by atoms with Crippen LogP contribution < -0.4 is 15.6 Å². The summed E-state index contributed by atoms with van der Waals surface area (Å²) in [4.78, 5) is 36.9. The third-order valence-corrected chi connectivity index (χ3v) is 7.02. The normalized spacial score (nSPS) is 11.6. The second-order valence-electron chi connectivity index (χ2n) is 9.64. The number of hydrogen-bond acceptors (Lipinski definition) is 5. The van der Waals surface area contributed by atoms with E-state index < -0.39 is 17.3 Å². The molecule has 0 atom stereocenters. The number of aryl methyl sites for hydroxylation is 2. The molecule has 5 aromatic rings. The van der Waals surface area contributed by atoms with Gasteiger partial charge in [-0.15, -0.1) is 0 Å². The second kappa shape index (κ2) is 11.3. The quantitative estimate of drug-likeness (QED) is 0.238. The number of ether oxygens (including phenoxy) is 1. The van der Waals surface area contributed by atoms with Crippen LogP contribution in [0.2, 0.25) is 5.02 Å². The molecule has 5 rings (SSSR count). The molecule has 4 heterocycles. The van der Waals surface area contributed by atoms with Gasteiger partial charge in [-0.1, -0.05) is 23.7 Å². The van der Waals surface area contributed by atoms with Crippen LogP contribution in [0.15, 0.2) is 65.6 Å². The number of rotatable bonds is 7. The van der Waals surface area contributed by atoms with Crippen molar-refractivity contribution in [3.63, 3.8) is 0 Å². The molecular formula is C30H25ClF3N5O3. The van der Waals surface area contributed by atoms with Gasteiger partial charge in [0.05, 0.1) is 17.3 Å². The number of aromatic nitrogens is 4. The first-order valence-corrected chi connectivity index (χ1v) is 13.2. The zero-order valence-corrected chi connectivity index (χ0v) is 23.5. The fourth-order valence-electron chi connectivity index (χ4n) is 4.70. The van der Waals surface area contributed by atoms with E-state index in [1.165, 1.54) is 12.3 Å². The van der Waals surface area contributed by atoms with E-state index in [4.69, 9.17) is 16.3 Å². The molecule has 1 aromatic carbocycles. The molecule has 42 heavy (non-hydrogen) atoms. The zero-order valence-electron chi connectivity index (χ0n) is 22.8. The summed E-state index contributed by atoms with van der Waals surface area (Å²) < 4.78 is 47.1. The summed E-state index contributed by atoms with van der Waals surface area (Å²) in [5.41, 5.74) is 2.05. The molecule has 0 radical (unpaired) electrons. The Balaban J connectivity index is 1.50. The van der Waals surface area contributed by atoms with Gasteiger partial charge in [0.1, 0.15) is 29.1 Å². The predicted octanol–water partition coefficient (Wildman–Crippen LogP) is 6.06. The molecule has 216 valence electrons. The van der Waals surface area contributed by atoms with Crippen molar-refractivity contribution in [2.75, 3.05) is 7.05 Å². The van der Waals surface area contributed by atoms with Gasteiger partial charge in [0.2, 0.25) is 0 Å². The topological polar surface area (TPSA) is 102 Å². The lowest BCUT2D eigenvalue weighted by atomic mass is 10.0. The molecule has 0 saturated heterocycles. The summed E-state index contributed by atoms with van der Waals surface area (Å²) in [6.45, 7) is 3.22. The van der Waals surface area contributed by atoms with E-state index in [2.05, 4.69) is 20.3 Å². The lowest BCUT2D eigenvalue weighted by Gasteiger charge is -2.16. The Morgan fingerprint density at radius 3 is 2.57 bits per heavy atom. The smallest absolute Gasteiger partial charge is 0.421 e. The molecule has 0 aliphatic rings. The number of benzene rings is 1. The number of nitrogens with zero attached hydrogens (tertiary/aromatic N) is 3. The van der Waals surface area contributed by atoms with Crippen LogP contribution >= 0.6 is 11.6 Å². The summed E-state index contributed by atoms with van der Waals surface area (Å²) in [6.07, 6.45) is -3.51. The van der Waals surface area contributed by atoms with Crippen molar-refractivity contribution in [3.05, 3.63) is 110 Å². The molecular weight excluding hydrogens is 571 g/mol. The average molecular weight is 596 g/mol. The Bertz CT molecular complexity index is 1880. The van der Waals surface area contributed by atoms with Gasteiger partial charge in [-0.3, -0.25) is 14.6 Å². The van der Waals surface area contributed by atoms with E-state index in [0.29, 0.717) is 44.6 Å². The monoisotopic (exact) mass is 595 g/mol.